The summed E-state index contributed by atoms with van der Waals surface area (Å²) in [6.45, 7) is 0. The summed E-state index contributed by atoms with van der Waals surface area (Å²) in [5.41, 5.74) is 12.0. The molecule has 266 valence electrons. The Labute approximate surface area is 325 Å². The number of aromatic nitrogens is 3. The van der Waals surface area contributed by atoms with Gasteiger partial charge in [-0.15, -0.1) is 0 Å². The molecule has 0 aliphatic rings. The van der Waals surface area contributed by atoms with Crippen LogP contribution in [0.2, 0.25) is 0 Å². The lowest BCUT2D eigenvalue weighted by atomic mass is 9.97. The normalized spacial score (nSPS) is 11.9. The van der Waals surface area contributed by atoms with E-state index in [1.165, 1.54) is 0 Å². The van der Waals surface area contributed by atoms with Gasteiger partial charge in [-0.3, -0.25) is 0 Å². The number of hydrogen-bond acceptors (Lipinski definition) is 6. The van der Waals surface area contributed by atoms with Crippen molar-refractivity contribution in [1.82, 2.24) is 15.0 Å². The van der Waals surface area contributed by atoms with Crippen LogP contribution in [0.4, 0.5) is 0 Å². The Morgan fingerprint density at radius 1 is 0.228 bits per heavy atom. The van der Waals surface area contributed by atoms with Gasteiger partial charge in [-0.05, 0) is 76.9 Å². The molecule has 8 aromatic carbocycles. The van der Waals surface area contributed by atoms with Crippen LogP contribution >= 0.6 is 0 Å². The topological polar surface area (TPSA) is 78.1 Å². The van der Waals surface area contributed by atoms with E-state index in [9.17, 15) is 0 Å². The van der Waals surface area contributed by atoms with Crippen LogP contribution in [-0.4, -0.2) is 15.0 Å². The average Bonchev–Trinajstić information content (AvgIpc) is 3.95. The summed E-state index contributed by atoms with van der Waals surface area (Å²) in [4.78, 5) is 15.0. The van der Waals surface area contributed by atoms with Crippen molar-refractivity contribution in [2.45, 2.75) is 0 Å². The van der Waals surface area contributed by atoms with E-state index >= 15 is 0 Å². The second-order valence-electron chi connectivity index (χ2n) is 14.4. The third-order valence-electron chi connectivity index (χ3n) is 10.9. The average molecular weight is 732 g/mol. The molecule has 0 bridgehead atoms. The number of rotatable bonds is 5. The number of para-hydroxylation sites is 2. The Morgan fingerprint density at radius 2 is 0.614 bits per heavy atom. The highest BCUT2D eigenvalue weighted by Gasteiger charge is 2.17. The van der Waals surface area contributed by atoms with Gasteiger partial charge >= 0.3 is 0 Å². The van der Waals surface area contributed by atoms with Gasteiger partial charge in [0.15, 0.2) is 17.5 Å². The zero-order valence-corrected chi connectivity index (χ0v) is 30.3. The second kappa shape index (κ2) is 12.3. The van der Waals surface area contributed by atoms with Gasteiger partial charge < -0.3 is 13.3 Å². The first-order chi connectivity index (χ1) is 28.2. The molecule has 0 saturated carbocycles. The molecule has 6 nitrogen and oxygen atoms in total. The molecule has 4 heterocycles. The van der Waals surface area contributed by atoms with E-state index in [4.69, 9.17) is 28.2 Å². The second-order valence-corrected chi connectivity index (χ2v) is 14.4. The van der Waals surface area contributed by atoms with Crippen molar-refractivity contribution in [3.63, 3.8) is 0 Å². The highest BCUT2D eigenvalue weighted by molar-refractivity contribution is 6.15. The van der Waals surface area contributed by atoms with Crippen LogP contribution in [0, 0.1) is 0 Å². The zero-order valence-electron chi connectivity index (χ0n) is 30.3. The van der Waals surface area contributed by atoms with Crippen LogP contribution in [0.3, 0.4) is 0 Å². The monoisotopic (exact) mass is 731 g/mol. The fourth-order valence-corrected chi connectivity index (χ4v) is 8.11. The van der Waals surface area contributed by atoms with E-state index < -0.39 is 0 Å². The van der Waals surface area contributed by atoms with Gasteiger partial charge in [-0.2, -0.15) is 0 Å². The summed E-state index contributed by atoms with van der Waals surface area (Å²) >= 11 is 0. The van der Waals surface area contributed by atoms with E-state index in [1.54, 1.807) is 0 Å². The smallest absolute Gasteiger partial charge is 0.164 e. The van der Waals surface area contributed by atoms with Crippen molar-refractivity contribution in [1.29, 1.82) is 0 Å². The predicted octanol–water partition coefficient (Wildman–Crippen LogP) is 13.9. The molecule has 0 radical (unpaired) electrons. The van der Waals surface area contributed by atoms with Crippen molar-refractivity contribution in [2.24, 2.45) is 0 Å². The third kappa shape index (κ3) is 5.23. The maximum absolute atomic E-state index is 6.43. The molecule has 57 heavy (non-hydrogen) atoms. The van der Waals surface area contributed by atoms with E-state index in [0.717, 1.165) is 105 Å². The van der Waals surface area contributed by atoms with Crippen molar-refractivity contribution in [3.05, 3.63) is 176 Å². The van der Waals surface area contributed by atoms with Crippen LogP contribution in [0.5, 0.6) is 0 Å². The van der Waals surface area contributed by atoms with Crippen LogP contribution in [-0.2, 0) is 0 Å². The molecule has 0 spiro atoms. The standard InChI is InChI=1S/C51H29N3O3/c1-2-10-30(11-3-1)49-52-50(54-51(53-49)36-21-23-39-37-16-4-6-18-43(37)55-46(39)27-36)35-15-9-14-33(25-35)31-12-8-13-32(24-31)34-20-22-40-42-28-41-38-17-5-7-19-44(38)56-47(41)29-48(42)57-45(40)26-34/h1-29H. The fourth-order valence-electron chi connectivity index (χ4n) is 8.11. The van der Waals surface area contributed by atoms with E-state index in [1.807, 2.05) is 78.9 Å². The minimum absolute atomic E-state index is 0.580. The summed E-state index contributed by atoms with van der Waals surface area (Å²) < 4.78 is 18.8. The molecular weight excluding hydrogens is 703 g/mol. The molecule has 0 fully saturated rings. The summed E-state index contributed by atoms with van der Waals surface area (Å²) in [6, 6.07) is 60.1. The zero-order chi connectivity index (χ0) is 37.5. The molecule has 6 heteroatoms. The highest BCUT2D eigenvalue weighted by atomic mass is 16.3. The molecule has 4 aromatic heterocycles. The number of fused-ring (bicyclic) bond motifs is 9. The van der Waals surface area contributed by atoms with Crippen LogP contribution < -0.4 is 0 Å². The molecule has 0 aliphatic heterocycles. The van der Waals surface area contributed by atoms with Gasteiger partial charge in [0.1, 0.15) is 33.5 Å². The van der Waals surface area contributed by atoms with Gasteiger partial charge in [0.2, 0.25) is 0 Å². The van der Waals surface area contributed by atoms with E-state index in [-0.39, 0.29) is 0 Å². The highest BCUT2D eigenvalue weighted by Crippen LogP contribution is 2.39. The quantitative estimate of drug-likeness (QED) is 0.175. The first kappa shape index (κ1) is 31.5. The van der Waals surface area contributed by atoms with Crippen LogP contribution in [0.25, 0.3) is 122 Å². The number of hydrogen-bond donors (Lipinski definition) is 0. The van der Waals surface area contributed by atoms with Gasteiger partial charge in [-0.25, -0.2) is 15.0 Å². The van der Waals surface area contributed by atoms with Crippen molar-refractivity contribution >= 4 is 65.8 Å². The first-order valence-electron chi connectivity index (χ1n) is 18.9. The van der Waals surface area contributed by atoms with Gasteiger partial charge in [0.05, 0.1) is 0 Å². The lowest BCUT2D eigenvalue weighted by molar-refractivity contribution is 0.656. The summed E-state index contributed by atoms with van der Waals surface area (Å²) in [7, 11) is 0. The minimum Gasteiger partial charge on any atom is -0.456 e. The molecule has 0 atom stereocenters. The van der Waals surface area contributed by atoms with E-state index in [2.05, 4.69) is 97.1 Å². The number of benzene rings is 8. The largest absolute Gasteiger partial charge is 0.456 e. The lowest BCUT2D eigenvalue weighted by Crippen LogP contribution is -2.00. The van der Waals surface area contributed by atoms with Crippen molar-refractivity contribution in [2.75, 3.05) is 0 Å². The maximum atomic E-state index is 6.43. The first-order valence-corrected chi connectivity index (χ1v) is 18.9. The van der Waals surface area contributed by atoms with Gasteiger partial charge in [0.25, 0.3) is 0 Å². The Kier molecular flexibility index (Phi) is 6.83. The summed E-state index contributed by atoms with van der Waals surface area (Å²) in [6.07, 6.45) is 0. The maximum Gasteiger partial charge on any atom is 0.164 e. The number of nitrogens with zero attached hydrogens (tertiary/aromatic N) is 3. The van der Waals surface area contributed by atoms with Gasteiger partial charge in [0, 0.05) is 55.1 Å². The third-order valence-corrected chi connectivity index (χ3v) is 10.9. The Balaban J connectivity index is 0.921. The SMILES string of the molecule is c1ccc(-c2nc(-c3cccc(-c4cccc(-c5ccc6c(c5)oc5cc7oc8ccccc8c7cc56)c4)c3)nc(-c3ccc4c(c3)oc3ccccc34)n2)cc1. The van der Waals surface area contributed by atoms with Crippen LogP contribution in [0.15, 0.2) is 189 Å². The van der Waals surface area contributed by atoms with Crippen molar-refractivity contribution in [3.8, 4) is 56.4 Å². The molecule has 0 aliphatic carbocycles. The molecule has 12 aromatic rings. The molecule has 0 amide bonds. The Morgan fingerprint density at radius 3 is 1.26 bits per heavy atom. The fraction of sp³-hybridized carbons (Fsp3) is 0. The summed E-state index contributed by atoms with van der Waals surface area (Å²) in [5, 5.41) is 6.50. The van der Waals surface area contributed by atoms with Gasteiger partial charge in [-0.1, -0.05) is 115 Å². The Bertz CT molecular complexity index is 3540. The predicted molar refractivity (Wildman–Crippen MR) is 229 cm³/mol. The lowest BCUT2D eigenvalue weighted by Gasteiger charge is -2.10. The molecule has 0 N–H and O–H groups in total. The molecule has 0 unspecified atom stereocenters. The van der Waals surface area contributed by atoms with Crippen LogP contribution in [0.1, 0.15) is 0 Å². The summed E-state index contributed by atoms with van der Waals surface area (Å²) in [5.74, 6) is 1.78. The molecule has 0 saturated heterocycles. The molecule has 12 rings (SSSR count). The van der Waals surface area contributed by atoms with E-state index in [0.29, 0.717) is 17.5 Å². The number of furan rings is 3. The minimum atomic E-state index is 0.580. The Hall–Kier alpha value is -7.83. The van der Waals surface area contributed by atoms with Crippen molar-refractivity contribution < 1.29 is 13.3 Å². The molecular formula is C51H29N3O3.